The topological polar surface area (TPSA) is 9.86 Å². The minimum Gasteiger partial charge on any atom is -0.309 e. The molecule has 6 aromatic carbocycles. The molecule has 0 bridgehead atoms. The van der Waals surface area contributed by atoms with Crippen molar-refractivity contribution in [3.8, 4) is 11.4 Å². The molecule has 0 spiro atoms. The molecule has 0 amide bonds. The fourth-order valence-corrected chi connectivity index (χ4v) is 8.69. The Hall–Kier alpha value is -3.90. The van der Waals surface area contributed by atoms with Crippen LogP contribution in [0.4, 0.5) is 0 Å². The van der Waals surface area contributed by atoms with Crippen LogP contribution in [0.1, 0.15) is 0 Å². The molecule has 2 nitrogen and oxygen atoms in total. The fourth-order valence-electron chi connectivity index (χ4n) is 6.55. The summed E-state index contributed by atoms with van der Waals surface area (Å²) in [6.07, 6.45) is 0. The maximum atomic E-state index is 3.76. The Morgan fingerprint density at radius 3 is 1.27 bits per heavy atom. The van der Waals surface area contributed by atoms with Crippen LogP contribution in [-0.2, 0) is 0 Å². The summed E-state index contributed by atoms with van der Waals surface area (Å²) in [4.78, 5) is 0. The molecule has 3 heterocycles. The Morgan fingerprint density at radius 2 is 0.829 bits per heavy atom. The Labute approximate surface area is 256 Å². The molecule has 0 saturated heterocycles. The fraction of sp³-hybridized carbons (Fsp3) is 0. The SMILES string of the molecule is Brc1ccc2c(c1)c1c3sc4c(ccc5c4c4cc(Br)ccc4n5-c4ccccc4)c3ccc1n2-c1ccccc1. The monoisotopic (exact) mass is 670 g/mol. The number of thiophene rings is 1. The lowest BCUT2D eigenvalue weighted by atomic mass is 10.1. The molecule has 41 heavy (non-hydrogen) atoms. The van der Waals surface area contributed by atoms with Gasteiger partial charge in [0.15, 0.2) is 0 Å². The van der Waals surface area contributed by atoms with E-state index in [1.54, 1.807) is 0 Å². The van der Waals surface area contributed by atoms with Crippen LogP contribution >= 0.6 is 43.2 Å². The Kier molecular flexibility index (Phi) is 5.10. The van der Waals surface area contributed by atoms with E-state index in [1.807, 2.05) is 11.3 Å². The van der Waals surface area contributed by atoms with Crippen LogP contribution in [0.2, 0.25) is 0 Å². The quantitative estimate of drug-likeness (QED) is 0.173. The summed E-state index contributed by atoms with van der Waals surface area (Å²) in [6, 6.07) is 43.9. The number of aromatic nitrogens is 2. The minimum atomic E-state index is 1.09. The lowest BCUT2D eigenvalue weighted by Gasteiger charge is -2.07. The normalized spacial score (nSPS) is 12.1. The van der Waals surface area contributed by atoms with E-state index in [1.165, 1.54) is 75.2 Å². The summed E-state index contributed by atoms with van der Waals surface area (Å²) in [5, 5.41) is 7.77. The first-order chi connectivity index (χ1) is 20.2. The van der Waals surface area contributed by atoms with Gasteiger partial charge in [0.1, 0.15) is 0 Å². The van der Waals surface area contributed by atoms with Gasteiger partial charge in [-0.25, -0.2) is 0 Å². The molecule has 0 fully saturated rings. The van der Waals surface area contributed by atoms with Gasteiger partial charge < -0.3 is 9.13 Å². The smallest absolute Gasteiger partial charge is 0.0555 e. The highest BCUT2D eigenvalue weighted by molar-refractivity contribution is 9.10. The third-order valence-electron chi connectivity index (χ3n) is 8.21. The zero-order chi connectivity index (χ0) is 27.2. The second kappa shape index (κ2) is 8.80. The number of para-hydroxylation sites is 2. The van der Waals surface area contributed by atoms with Gasteiger partial charge >= 0.3 is 0 Å². The molecular weight excluding hydrogens is 652 g/mol. The van der Waals surface area contributed by atoms with E-state index in [-0.39, 0.29) is 0 Å². The molecule has 0 aliphatic rings. The zero-order valence-electron chi connectivity index (χ0n) is 21.6. The van der Waals surface area contributed by atoms with Gasteiger partial charge in [-0.05, 0) is 72.8 Å². The summed E-state index contributed by atoms with van der Waals surface area (Å²) in [6.45, 7) is 0. The van der Waals surface area contributed by atoms with Crippen molar-refractivity contribution in [3.05, 3.63) is 130 Å². The van der Waals surface area contributed by atoms with Gasteiger partial charge in [-0.2, -0.15) is 0 Å². The van der Waals surface area contributed by atoms with Crippen molar-refractivity contribution in [2.24, 2.45) is 0 Å². The van der Waals surface area contributed by atoms with Crippen molar-refractivity contribution in [2.45, 2.75) is 0 Å². The second-order valence-electron chi connectivity index (χ2n) is 10.4. The predicted molar refractivity (Wildman–Crippen MR) is 183 cm³/mol. The van der Waals surface area contributed by atoms with Crippen LogP contribution in [0, 0.1) is 0 Å². The van der Waals surface area contributed by atoms with E-state index >= 15 is 0 Å². The minimum absolute atomic E-state index is 1.09. The van der Waals surface area contributed by atoms with Gasteiger partial charge in [-0.15, -0.1) is 11.3 Å². The first-order valence-electron chi connectivity index (χ1n) is 13.5. The van der Waals surface area contributed by atoms with Crippen molar-refractivity contribution in [1.82, 2.24) is 9.13 Å². The number of nitrogens with zero attached hydrogens (tertiary/aromatic N) is 2. The van der Waals surface area contributed by atoms with E-state index in [0.29, 0.717) is 0 Å². The first kappa shape index (κ1) is 23.8. The van der Waals surface area contributed by atoms with Crippen LogP contribution in [0.5, 0.6) is 0 Å². The molecule has 0 radical (unpaired) electrons. The zero-order valence-corrected chi connectivity index (χ0v) is 25.6. The summed E-state index contributed by atoms with van der Waals surface area (Å²) < 4.78 is 9.64. The molecule has 0 saturated carbocycles. The number of halogens is 2. The molecule has 9 aromatic rings. The van der Waals surface area contributed by atoms with Crippen LogP contribution in [0.3, 0.4) is 0 Å². The molecule has 194 valence electrons. The van der Waals surface area contributed by atoms with Gasteiger partial charge in [0.2, 0.25) is 0 Å². The Balaban J connectivity index is 1.48. The Bertz CT molecular complexity index is 2310. The first-order valence-corrected chi connectivity index (χ1v) is 15.9. The number of benzene rings is 6. The number of fused-ring (bicyclic) bond motifs is 11. The number of hydrogen-bond donors (Lipinski definition) is 0. The summed E-state index contributed by atoms with van der Waals surface area (Å²) in [5.74, 6) is 0. The Morgan fingerprint density at radius 1 is 0.415 bits per heavy atom. The van der Waals surface area contributed by atoms with Crippen molar-refractivity contribution < 1.29 is 0 Å². The van der Waals surface area contributed by atoms with Gasteiger partial charge in [0.05, 0.1) is 22.1 Å². The highest BCUT2D eigenvalue weighted by atomic mass is 79.9. The molecule has 0 N–H and O–H groups in total. The van der Waals surface area contributed by atoms with E-state index < -0.39 is 0 Å². The molecular formula is C36H20Br2N2S. The third-order valence-corrected chi connectivity index (χ3v) is 10.5. The lowest BCUT2D eigenvalue weighted by molar-refractivity contribution is 1.18. The highest BCUT2D eigenvalue weighted by Gasteiger charge is 2.21. The molecule has 9 rings (SSSR count). The highest BCUT2D eigenvalue weighted by Crippen LogP contribution is 2.48. The van der Waals surface area contributed by atoms with Gasteiger partial charge in [-0.1, -0.05) is 80.4 Å². The number of hydrogen-bond acceptors (Lipinski definition) is 1. The standard InChI is InChI=1S/C36H20Br2N2S/c37-21-11-15-29-27(19-21)33-31(39(29)23-7-3-1-4-8-23)17-13-25-26-14-18-32-34(36(26)41-35(25)33)28-20-22(38)12-16-30(28)40(32)24-9-5-2-6-10-24/h1-20H. The van der Waals surface area contributed by atoms with Crippen molar-refractivity contribution in [3.63, 3.8) is 0 Å². The van der Waals surface area contributed by atoms with Crippen molar-refractivity contribution >= 4 is 107 Å². The van der Waals surface area contributed by atoms with Gasteiger partial charge in [0, 0.05) is 62.0 Å². The summed E-state index contributed by atoms with van der Waals surface area (Å²) in [5.41, 5.74) is 7.24. The average Bonchev–Trinajstić information content (AvgIpc) is 3.65. The van der Waals surface area contributed by atoms with Crippen LogP contribution in [0.25, 0.3) is 75.2 Å². The summed E-state index contributed by atoms with van der Waals surface area (Å²) >= 11 is 9.44. The lowest BCUT2D eigenvalue weighted by Crippen LogP contribution is -1.92. The van der Waals surface area contributed by atoms with E-state index in [0.717, 1.165) is 8.95 Å². The van der Waals surface area contributed by atoms with Crippen molar-refractivity contribution in [1.29, 1.82) is 0 Å². The van der Waals surface area contributed by atoms with Crippen LogP contribution in [-0.4, -0.2) is 9.13 Å². The van der Waals surface area contributed by atoms with Gasteiger partial charge in [-0.3, -0.25) is 0 Å². The average molecular weight is 672 g/mol. The largest absolute Gasteiger partial charge is 0.309 e. The van der Waals surface area contributed by atoms with E-state index in [4.69, 9.17) is 0 Å². The molecule has 0 aliphatic carbocycles. The van der Waals surface area contributed by atoms with Crippen molar-refractivity contribution in [2.75, 3.05) is 0 Å². The van der Waals surface area contributed by atoms with Crippen LogP contribution < -0.4 is 0 Å². The molecule has 0 aliphatic heterocycles. The summed E-state index contributed by atoms with van der Waals surface area (Å²) in [7, 11) is 0. The van der Waals surface area contributed by atoms with E-state index in [2.05, 4.69) is 162 Å². The van der Waals surface area contributed by atoms with Gasteiger partial charge in [0.25, 0.3) is 0 Å². The predicted octanol–water partition coefficient (Wildman–Crippen LogP) is 11.8. The molecule has 0 atom stereocenters. The maximum Gasteiger partial charge on any atom is 0.0555 e. The molecule has 3 aromatic heterocycles. The third kappa shape index (κ3) is 3.34. The molecule has 5 heteroatoms. The molecule has 0 unspecified atom stereocenters. The maximum absolute atomic E-state index is 3.76. The van der Waals surface area contributed by atoms with Crippen LogP contribution in [0.15, 0.2) is 130 Å². The second-order valence-corrected chi connectivity index (χ2v) is 13.3. The number of rotatable bonds is 2. The van der Waals surface area contributed by atoms with E-state index in [9.17, 15) is 0 Å².